The molecular weight excluding hydrogens is 318 g/mol. The minimum atomic E-state index is -3.32. The Morgan fingerprint density at radius 3 is 2.39 bits per heavy atom. The van der Waals surface area contributed by atoms with E-state index in [4.69, 9.17) is 0 Å². The maximum absolute atomic E-state index is 11.5. The summed E-state index contributed by atoms with van der Waals surface area (Å²) in [6.07, 6.45) is 1.75. The van der Waals surface area contributed by atoms with Gasteiger partial charge in [-0.05, 0) is 17.5 Å². The van der Waals surface area contributed by atoms with Crippen molar-refractivity contribution >= 4 is 21.6 Å². The first kappa shape index (κ1) is 17.5. The molecule has 0 aliphatic carbocycles. The number of nitrogens with zero attached hydrogens (tertiary/aromatic N) is 3. The van der Waals surface area contributed by atoms with Crippen molar-refractivity contribution in [3.63, 3.8) is 0 Å². The number of hydrogen-bond acceptors (Lipinski definition) is 5. The molecule has 1 aliphatic rings. The number of aromatic nitrogens is 1. The van der Waals surface area contributed by atoms with Crippen molar-refractivity contribution in [2.75, 3.05) is 30.8 Å². The molecule has 0 spiro atoms. The van der Waals surface area contributed by atoms with Gasteiger partial charge in [0, 0.05) is 25.9 Å². The Hall–Kier alpha value is -1.83. The summed E-state index contributed by atoms with van der Waals surface area (Å²) in [5.41, 5.74) is 0.605. The molecule has 0 radical (unpaired) electrons. The fourth-order valence-electron chi connectivity index (χ4n) is 2.77. The molecular formula is C15H23N3O4S. The Balaban J connectivity index is 2.23. The summed E-state index contributed by atoms with van der Waals surface area (Å²) in [5.74, 6) is 0. The Bertz CT molecular complexity index is 680. The van der Waals surface area contributed by atoms with Crippen molar-refractivity contribution in [1.29, 1.82) is 0 Å². The van der Waals surface area contributed by atoms with Crippen molar-refractivity contribution in [2.45, 2.75) is 31.8 Å². The number of carboxylic acid groups (broad SMARTS) is 1. The van der Waals surface area contributed by atoms with Gasteiger partial charge in [0.2, 0.25) is 0 Å². The van der Waals surface area contributed by atoms with Crippen LogP contribution in [0.15, 0.2) is 23.4 Å². The Kier molecular flexibility index (Phi) is 4.57. The number of piperazine rings is 1. The SMILES string of the molecule is CC(C)(C)C1CN(c2ccc(S(C)(=O)=O)nc2)CCN1C(=O)O. The predicted molar refractivity (Wildman–Crippen MR) is 87.5 cm³/mol. The lowest BCUT2D eigenvalue weighted by Gasteiger charge is -2.46. The van der Waals surface area contributed by atoms with Crippen LogP contribution in [0.5, 0.6) is 0 Å². The first-order chi connectivity index (χ1) is 10.5. The second-order valence-corrected chi connectivity index (χ2v) is 8.89. The molecule has 2 heterocycles. The summed E-state index contributed by atoms with van der Waals surface area (Å²) in [6, 6.07) is 3.06. The van der Waals surface area contributed by atoms with Crippen LogP contribution in [0.1, 0.15) is 20.8 Å². The molecule has 1 unspecified atom stereocenters. The Morgan fingerprint density at radius 2 is 1.96 bits per heavy atom. The van der Waals surface area contributed by atoms with Gasteiger partial charge in [0.1, 0.15) is 0 Å². The molecule has 128 valence electrons. The first-order valence-electron chi connectivity index (χ1n) is 7.41. The van der Waals surface area contributed by atoms with Crippen LogP contribution in [0.4, 0.5) is 10.5 Å². The lowest BCUT2D eigenvalue weighted by Crippen LogP contribution is -2.59. The monoisotopic (exact) mass is 341 g/mol. The van der Waals surface area contributed by atoms with E-state index in [9.17, 15) is 18.3 Å². The summed E-state index contributed by atoms with van der Waals surface area (Å²) in [6.45, 7) is 7.56. The average Bonchev–Trinajstić information content (AvgIpc) is 2.45. The van der Waals surface area contributed by atoms with Gasteiger partial charge in [0.15, 0.2) is 14.9 Å². The van der Waals surface area contributed by atoms with Crippen molar-refractivity contribution in [3.05, 3.63) is 18.3 Å². The highest BCUT2D eigenvalue weighted by molar-refractivity contribution is 7.90. The normalized spacial score (nSPS) is 19.7. The van der Waals surface area contributed by atoms with Crippen molar-refractivity contribution < 1.29 is 18.3 Å². The zero-order chi connectivity index (χ0) is 17.4. The third-order valence-electron chi connectivity index (χ3n) is 4.09. The van der Waals surface area contributed by atoms with E-state index in [2.05, 4.69) is 9.88 Å². The zero-order valence-electron chi connectivity index (χ0n) is 13.9. The van der Waals surface area contributed by atoms with Crippen molar-refractivity contribution in [3.8, 4) is 0 Å². The molecule has 7 nitrogen and oxygen atoms in total. The lowest BCUT2D eigenvalue weighted by atomic mass is 9.84. The van der Waals surface area contributed by atoms with E-state index in [1.54, 1.807) is 6.07 Å². The topological polar surface area (TPSA) is 90.8 Å². The largest absolute Gasteiger partial charge is 0.465 e. The van der Waals surface area contributed by atoms with Crippen LogP contribution < -0.4 is 4.90 Å². The standard InChI is InChI=1S/C15H23N3O4S/c1-15(2,3)12-10-17(7-8-18(12)14(19)20)11-5-6-13(16-9-11)23(4,21)22/h5-6,9,12H,7-8,10H2,1-4H3,(H,19,20). The number of amides is 1. The van der Waals surface area contributed by atoms with Crippen LogP contribution in [0, 0.1) is 5.41 Å². The molecule has 1 saturated heterocycles. The number of rotatable bonds is 2. The van der Waals surface area contributed by atoms with Gasteiger partial charge in [-0.15, -0.1) is 0 Å². The highest BCUT2D eigenvalue weighted by atomic mass is 32.2. The molecule has 1 amide bonds. The van der Waals surface area contributed by atoms with Gasteiger partial charge in [-0.1, -0.05) is 20.8 Å². The average molecular weight is 341 g/mol. The Morgan fingerprint density at radius 1 is 1.30 bits per heavy atom. The quantitative estimate of drug-likeness (QED) is 0.880. The van der Waals surface area contributed by atoms with E-state index in [1.165, 1.54) is 17.2 Å². The molecule has 0 saturated carbocycles. The number of hydrogen-bond donors (Lipinski definition) is 1. The molecule has 1 atom stereocenters. The van der Waals surface area contributed by atoms with Crippen LogP contribution in [-0.4, -0.2) is 61.4 Å². The second kappa shape index (κ2) is 5.99. The maximum atomic E-state index is 11.5. The van der Waals surface area contributed by atoms with Gasteiger partial charge in [-0.25, -0.2) is 18.2 Å². The van der Waals surface area contributed by atoms with E-state index in [0.29, 0.717) is 19.6 Å². The summed E-state index contributed by atoms with van der Waals surface area (Å²) in [5, 5.41) is 9.42. The first-order valence-corrected chi connectivity index (χ1v) is 9.30. The number of anilines is 1. The molecule has 1 aromatic rings. The van der Waals surface area contributed by atoms with Gasteiger partial charge in [-0.3, -0.25) is 0 Å². The van der Waals surface area contributed by atoms with E-state index < -0.39 is 15.9 Å². The molecule has 1 aromatic heterocycles. The van der Waals surface area contributed by atoms with E-state index >= 15 is 0 Å². The van der Waals surface area contributed by atoms with Crippen LogP contribution in [-0.2, 0) is 9.84 Å². The molecule has 1 fully saturated rings. The molecule has 1 N–H and O–H groups in total. The third kappa shape index (κ3) is 3.93. The minimum Gasteiger partial charge on any atom is -0.465 e. The number of sulfone groups is 1. The van der Waals surface area contributed by atoms with Gasteiger partial charge < -0.3 is 14.9 Å². The lowest BCUT2D eigenvalue weighted by molar-refractivity contribution is 0.0748. The summed E-state index contributed by atoms with van der Waals surface area (Å²) >= 11 is 0. The zero-order valence-corrected chi connectivity index (χ0v) is 14.7. The van der Waals surface area contributed by atoms with Crippen molar-refractivity contribution in [2.24, 2.45) is 5.41 Å². The highest BCUT2D eigenvalue weighted by Crippen LogP contribution is 2.30. The molecule has 8 heteroatoms. The van der Waals surface area contributed by atoms with Crippen LogP contribution >= 0.6 is 0 Å². The minimum absolute atomic E-state index is 0.0396. The van der Waals surface area contributed by atoms with E-state index in [1.807, 2.05) is 20.8 Å². The summed E-state index contributed by atoms with van der Waals surface area (Å²) in [4.78, 5) is 19.0. The molecule has 0 aromatic carbocycles. The van der Waals surface area contributed by atoms with Crippen LogP contribution in [0.25, 0.3) is 0 Å². The molecule has 1 aliphatic heterocycles. The van der Waals surface area contributed by atoms with Crippen LogP contribution in [0.2, 0.25) is 0 Å². The summed E-state index contributed by atoms with van der Waals surface area (Å²) < 4.78 is 22.9. The highest BCUT2D eigenvalue weighted by Gasteiger charge is 2.38. The van der Waals surface area contributed by atoms with Gasteiger partial charge in [0.25, 0.3) is 0 Å². The van der Waals surface area contributed by atoms with E-state index in [0.717, 1.165) is 11.9 Å². The Labute approximate surface area is 136 Å². The molecule has 23 heavy (non-hydrogen) atoms. The van der Waals surface area contributed by atoms with Crippen molar-refractivity contribution in [1.82, 2.24) is 9.88 Å². The van der Waals surface area contributed by atoms with E-state index in [-0.39, 0.29) is 16.5 Å². The molecule has 2 rings (SSSR count). The third-order valence-corrected chi connectivity index (χ3v) is 5.09. The van der Waals surface area contributed by atoms with Gasteiger partial charge in [-0.2, -0.15) is 0 Å². The van der Waals surface area contributed by atoms with Gasteiger partial charge in [0.05, 0.1) is 17.9 Å². The van der Waals surface area contributed by atoms with Crippen LogP contribution in [0.3, 0.4) is 0 Å². The smallest absolute Gasteiger partial charge is 0.407 e. The fraction of sp³-hybridized carbons (Fsp3) is 0.600. The summed E-state index contributed by atoms with van der Waals surface area (Å²) in [7, 11) is -3.32. The number of carbonyl (C=O) groups is 1. The second-order valence-electron chi connectivity index (χ2n) is 6.93. The predicted octanol–water partition coefficient (Wildman–Crippen LogP) is 1.70. The molecule has 0 bridgehead atoms. The maximum Gasteiger partial charge on any atom is 0.407 e. The van der Waals surface area contributed by atoms with Gasteiger partial charge >= 0.3 is 6.09 Å². The number of pyridine rings is 1. The fourth-order valence-corrected chi connectivity index (χ4v) is 3.33.